The van der Waals surface area contributed by atoms with E-state index >= 15 is 0 Å². The van der Waals surface area contributed by atoms with Gasteiger partial charge in [0.25, 0.3) is 0 Å². The third-order valence-electron chi connectivity index (χ3n) is 3.45. The minimum absolute atomic E-state index is 0.105. The highest BCUT2D eigenvalue weighted by Gasteiger charge is 2.35. The maximum atomic E-state index is 12.1. The van der Waals surface area contributed by atoms with Crippen molar-refractivity contribution in [2.45, 2.75) is 51.0 Å². The standard InChI is InChI=1S/C12H20N4O/c1-2-9-8-10(16-15-9)14-11(17)12(13)6-4-3-5-7-12/h8H,2-7,13H2,1H3,(H2,14,15,16,17). The molecule has 4 N–H and O–H groups in total. The van der Waals surface area contributed by atoms with Crippen LogP contribution in [0.5, 0.6) is 0 Å². The van der Waals surface area contributed by atoms with Crippen LogP contribution in [0.15, 0.2) is 6.07 Å². The van der Waals surface area contributed by atoms with Crippen LogP contribution in [0.4, 0.5) is 5.82 Å². The van der Waals surface area contributed by atoms with Gasteiger partial charge >= 0.3 is 0 Å². The first kappa shape index (κ1) is 12.1. The summed E-state index contributed by atoms with van der Waals surface area (Å²) in [5, 5.41) is 9.71. The van der Waals surface area contributed by atoms with E-state index in [1.165, 1.54) is 6.42 Å². The molecule has 1 aromatic rings. The third-order valence-corrected chi connectivity index (χ3v) is 3.45. The van der Waals surface area contributed by atoms with Gasteiger partial charge in [0.2, 0.25) is 5.91 Å². The molecule has 0 unspecified atom stereocenters. The molecule has 0 bridgehead atoms. The highest BCUT2D eigenvalue weighted by molar-refractivity contribution is 5.97. The Morgan fingerprint density at radius 2 is 2.24 bits per heavy atom. The Kier molecular flexibility index (Phi) is 3.47. The highest BCUT2D eigenvalue weighted by Crippen LogP contribution is 2.27. The van der Waals surface area contributed by atoms with Crippen molar-refractivity contribution in [2.75, 3.05) is 5.32 Å². The molecule has 0 saturated heterocycles. The second-order valence-electron chi connectivity index (χ2n) is 4.80. The second kappa shape index (κ2) is 4.87. The number of nitrogens with zero attached hydrogens (tertiary/aromatic N) is 1. The Hall–Kier alpha value is -1.36. The minimum atomic E-state index is -0.705. The average Bonchev–Trinajstić information content (AvgIpc) is 2.78. The van der Waals surface area contributed by atoms with Crippen molar-refractivity contribution in [3.05, 3.63) is 11.8 Å². The fraction of sp³-hybridized carbons (Fsp3) is 0.667. The summed E-state index contributed by atoms with van der Waals surface area (Å²) in [5.41, 5.74) is 6.44. The van der Waals surface area contributed by atoms with Crippen molar-refractivity contribution in [1.29, 1.82) is 0 Å². The van der Waals surface area contributed by atoms with Crippen molar-refractivity contribution in [3.8, 4) is 0 Å². The number of amides is 1. The smallest absolute Gasteiger partial charge is 0.245 e. The number of hydrogen-bond donors (Lipinski definition) is 3. The van der Waals surface area contributed by atoms with Gasteiger partial charge in [-0.05, 0) is 19.3 Å². The van der Waals surface area contributed by atoms with Gasteiger partial charge in [-0.2, -0.15) is 5.10 Å². The summed E-state index contributed by atoms with van der Waals surface area (Å²) in [6.07, 6.45) is 5.65. The van der Waals surface area contributed by atoms with E-state index in [1.807, 2.05) is 13.0 Å². The summed E-state index contributed by atoms with van der Waals surface area (Å²) >= 11 is 0. The highest BCUT2D eigenvalue weighted by atomic mass is 16.2. The second-order valence-corrected chi connectivity index (χ2v) is 4.80. The SMILES string of the molecule is CCc1cc(NC(=O)C2(N)CCCCC2)n[nH]1. The maximum absolute atomic E-state index is 12.1. The van der Waals surface area contributed by atoms with E-state index in [0.717, 1.165) is 37.8 Å². The number of H-pyrrole nitrogens is 1. The molecule has 1 heterocycles. The molecule has 0 spiro atoms. The topological polar surface area (TPSA) is 83.8 Å². The lowest BCUT2D eigenvalue weighted by atomic mass is 9.82. The van der Waals surface area contributed by atoms with Crippen LogP contribution in [-0.2, 0) is 11.2 Å². The van der Waals surface area contributed by atoms with Crippen molar-refractivity contribution in [3.63, 3.8) is 0 Å². The van der Waals surface area contributed by atoms with Gasteiger partial charge in [0.05, 0.1) is 5.54 Å². The molecule has 0 atom stereocenters. The van der Waals surface area contributed by atoms with Gasteiger partial charge in [-0.15, -0.1) is 0 Å². The Bertz CT molecular complexity index is 393. The molecule has 1 aliphatic rings. The summed E-state index contributed by atoms with van der Waals surface area (Å²) in [7, 11) is 0. The van der Waals surface area contributed by atoms with Crippen LogP contribution in [0.2, 0.25) is 0 Å². The number of anilines is 1. The number of aromatic nitrogens is 2. The van der Waals surface area contributed by atoms with Crippen molar-refractivity contribution >= 4 is 11.7 Å². The first-order valence-electron chi connectivity index (χ1n) is 6.29. The summed E-state index contributed by atoms with van der Waals surface area (Å²) < 4.78 is 0. The van der Waals surface area contributed by atoms with Crippen LogP contribution in [0.1, 0.15) is 44.7 Å². The first-order chi connectivity index (χ1) is 8.14. The largest absolute Gasteiger partial charge is 0.317 e. The summed E-state index contributed by atoms with van der Waals surface area (Å²) in [4.78, 5) is 12.1. The van der Waals surface area contributed by atoms with Crippen LogP contribution in [0.25, 0.3) is 0 Å². The molecule has 0 radical (unpaired) electrons. The lowest BCUT2D eigenvalue weighted by Crippen LogP contribution is -2.52. The van der Waals surface area contributed by atoms with Crippen molar-refractivity contribution in [1.82, 2.24) is 10.2 Å². The van der Waals surface area contributed by atoms with Gasteiger partial charge in [-0.3, -0.25) is 9.89 Å². The van der Waals surface area contributed by atoms with Gasteiger partial charge in [0.15, 0.2) is 5.82 Å². The van der Waals surface area contributed by atoms with Crippen LogP contribution in [0, 0.1) is 0 Å². The molecule has 94 valence electrons. The maximum Gasteiger partial charge on any atom is 0.245 e. The number of aryl methyl sites for hydroxylation is 1. The quantitative estimate of drug-likeness (QED) is 0.745. The third kappa shape index (κ3) is 2.66. The van der Waals surface area contributed by atoms with E-state index in [2.05, 4.69) is 15.5 Å². The Labute approximate surface area is 101 Å². The average molecular weight is 236 g/mol. The van der Waals surface area contributed by atoms with Crippen molar-refractivity contribution in [2.24, 2.45) is 5.73 Å². The predicted molar refractivity (Wildman–Crippen MR) is 66.6 cm³/mol. The minimum Gasteiger partial charge on any atom is -0.317 e. The first-order valence-corrected chi connectivity index (χ1v) is 6.29. The van der Waals surface area contributed by atoms with E-state index in [-0.39, 0.29) is 5.91 Å². The normalized spacial score (nSPS) is 18.9. The monoisotopic (exact) mass is 236 g/mol. The Morgan fingerprint density at radius 3 is 2.82 bits per heavy atom. The lowest BCUT2D eigenvalue weighted by Gasteiger charge is -2.31. The molecule has 1 fully saturated rings. The molecular formula is C12H20N4O. The molecule has 5 nitrogen and oxygen atoms in total. The summed E-state index contributed by atoms with van der Waals surface area (Å²) in [6.45, 7) is 2.03. The van der Waals surface area contributed by atoms with Crippen LogP contribution >= 0.6 is 0 Å². The molecule has 17 heavy (non-hydrogen) atoms. The number of nitrogens with two attached hydrogens (primary N) is 1. The summed E-state index contributed by atoms with van der Waals surface area (Å²) in [6, 6.07) is 1.85. The number of rotatable bonds is 3. The molecule has 1 aliphatic carbocycles. The molecule has 1 aromatic heterocycles. The van der Waals surface area contributed by atoms with E-state index in [0.29, 0.717) is 5.82 Å². The van der Waals surface area contributed by atoms with Gasteiger partial charge in [-0.1, -0.05) is 26.2 Å². The fourth-order valence-corrected chi connectivity index (χ4v) is 2.26. The predicted octanol–water partition coefficient (Wildman–Crippen LogP) is 1.57. The van der Waals surface area contributed by atoms with E-state index in [4.69, 9.17) is 5.73 Å². The molecular weight excluding hydrogens is 216 g/mol. The summed E-state index contributed by atoms with van der Waals surface area (Å²) in [5.74, 6) is 0.466. The Balaban J connectivity index is 2.00. The number of carbonyl (C=O) groups excluding carboxylic acids is 1. The zero-order valence-corrected chi connectivity index (χ0v) is 10.3. The molecule has 1 saturated carbocycles. The van der Waals surface area contributed by atoms with Crippen LogP contribution in [0.3, 0.4) is 0 Å². The molecule has 0 aromatic carbocycles. The molecule has 0 aliphatic heterocycles. The fourth-order valence-electron chi connectivity index (χ4n) is 2.26. The van der Waals surface area contributed by atoms with E-state index in [9.17, 15) is 4.79 Å². The molecule has 1 amide bonds. The molecule has 5 heteroatoms. The zero-order chi connectivity index (χ0) is 12.3. The van der Waals surface area contributed by atoms with E-state index in [1.54, 1.807) is 0 Å². The van der Waals surface area contributed by atoms with Gasteiger partial charge in [0, 0.05) is 11.8 Å². The van der Waals surface area contributed by atoms with Gasteiger partial charge < -0.3 is 11.1 Å². The lowest BCUT2D eigenvalue weighted by molar-refractivity contribution is -0.122. The molecule has 2 rings (SSSR count). The van der Waals surface area contributed by atoms with Gasteiger partial charge in [0.1, 0.15) is 0 Å². The zero-order valence-electron chi connectivity index (χ0n) is 10.3. The van der Waals surface area contributed by atoms with Gasteiger partial charge in [-0.25, -0.2) is 0 Å². The number of aromatic amines is 1. The number of nitrogens with one attached hydrogen (secondary N) is 2. The number of hydrogen-bond acceptors (Lipinski definition) is 3. The van der Waals surface area contributed by atoms with Crippen molar-refractivity contribution < 1.29 is 4.79 Å². The number of carbonyl (C=O) groups is 1. The van der Waals surface area contributed by atoms with Crippen LogP contribution in [-0.4, -0.2) is 21.6 Å². The van der Waals surface area contributed by atoms with Crippen LogP contribution < -0.4 is 11.1 Å². The Morgan fingerprint density at radius 1 is 1.53 bits per heavy atom. The van der Waals surface area contributed by atoms with E-state index < -0.39 is 5.54 Å².